The van der Waals surface area contributed by atoms with Gasteiger partial charge in [-0.2, -0.15) is 0 Å². The molecule has 0 bridgehead atoms. The van der Waals surface area contributed by atoms with Crippen molar-refractivity contribution in [3.63, 3.8) is 0 Å². The molecule has 0 amide bonds. The summed E-state index contributed by atoms with van der Waals surface area (Å²) < 4.78 is 16.6. The summed E-state index contributed by atoms with van der Waals surface area (Å²) in [7, 11) is 0. The molecule has 0 spiro atoms. The first-order valence-corrected chi connectivity index (χ1v) is 8.83. The third-order valence-electron chi connectivity index (χ3n) is 3.93. The molecule has 5 heteroatoms. The Kier molecular flexibility index (Phi) is 6.07. The van der Waals surface area contributed by atoms with Crippen molar-refractivity contribution in [3.05, 3.63) is 84.4 Å². The van der Waals surface area contributed by atoms with Crippen molar-refractivity contribution >= 4 is 11.8 Å². The number of carbonyl (C=O) groups excluding carboxylic acids is 2. The average Bonchev–Trinajstić information content (AvgIpc) is 2.70. The van der Waals surface area contributed by atoms with E-state index in [1.54, 1.807) is 55.5 Å². The van der Waals surface area contributed by atoms with E-state index in [-0.39, 0.29) is 5.78 Å². The van der Waals surface area contributed by atoms with Crippen LogP contribution in [0.1, 0.15) is 24.2 Å². The van der Waals surface area contributed by atoms with E-state index < -0.39 is 12.1 Å². The van der Waals surface area contributed by atoms with E-state index in [0.29, 0.717) is 22.8 Å². The van der Waals surface area contributed by atoms with Gasteiger partial charge in [-0.05, 0) is 74.5 Å². The zero-order chi connectivity index (χ0) is 19.9. The number of para-hydroxylation sites is 1. The Bertz CT molecular complexity index is 931. The van der Waals surface area contributed by atoms with Crippen LogP contribution in [0.3, 0.4) is 0 Å². The van der Waals surface area contributed by atoms with Gasteiger partial charge in [-0.3, -0.25) is 4.79 Å². The molecule has 0 radical (unpaired) electrons. The minimum atomic E-state index is -0.798. The molecule has 0 aromatic heterocycles. The van der Waals surface area contributed by atoms with E-state index in [2.05, 4.69) is 0 Å². The third-order valence-corrected chi connectivity index (χ3v) is 3.93. The lowest BCUT2D eigenvalue weighted by Gasteiger charge is -2.14. The van der Waals surface area contributed by atoms with Gasteiger partial charge in [0.2, 0.25) is 0 Å². The number of Topliss-reactive ketones (excluding diaryl/α,β-unsaturated/α-hetero) is 1. The van der Waals surface area contributed by atoms with Crippen molar-refractivity contribution in [2.24, 2.45) is 0 Å². The lowest BCUT2D eigenvalue weighted by molar-refractivity contribution is -0.141. The molecule has 5 nitrogen and oxygen atoms in total. The number of hydrogen-bond donors (Lipinski definition) is 0. The Labute approximate surface area is 163 Å². The first-order chi connectivity index (χ1) is 13.5. The fraction of sp³-hybridized carbons (Fsp3) is 0.130. The van der Waals surface area contributed by atoms with E-state index in [0.717, 1.165) is 5.75 Å². The first-order valence-electron chi connectivity index (χ1n) is 8.83. The summed E-state index contributed by atoms with van der Waals surface area (Å²) in [5.41, 5.74) is 0.557. The number of carbonyl (C=O) groups is 2. The van der Waals surface area contributed by atoms with Crippen LogP contribution in [0, 0.1) is 0 Å². The maximum Gasteiger partial charge on any atom is 0.352 e. The SMILES string of the molecule is CC(=O)c1ccc(OC(=O)C(C)Oc2ccc(Oc3ccccc3)cc2)cc1. The van der Waals surface area contributed by atoms with Crippen molar-refractivity contribution in [2.75, 3.05) is 0 Å². The van der Waals surface area contributed by atoms with Gasteiger partial charge >= 0.3 is 5.97 Å². The van der Waals surface area contributed by atoms with Crippen LogP contribution in [0.25, 0.3) is 0 Å². The quantitative estimate of drug-likeness (QED) is 0.328. The molecule has 0 aliphatic heterocycles. The highest BCUT2D eigenvalue weighted by atomic mass is 16.6. The van der Waals surface area contributed by atoms with Gasteiger partial charge in [0.05, 0.1) is 0 Å². The number of esters is 1. The molecule has 0 N–H and O–H groups in total. The summed E-state index contributed by atoms with van der Waals surface area (Å²) in [5.74, 6) is 1.71. The highest BCUT2D eigenvalue weighted by Crippen LogP contribution is 2.24. The van der Waals surface area contributed by atoms with Crippen molar-refractivity contribution in [3.8, 4) is 23.0 Å². The summed E-state index contributed by atoms with van der Waals surface area (Å²) in [5, 5.41) is 0. The molecule has 3 aromatic rings. The third kappa shape index (κ3) is 5.20. The van der Waals surface area contributed by atoms with E-state index in [9.17, 15) is 9.59 Å². The smallest absolute Gasteiger partial charge is 0.352 e. The average molecular weight is 376 g/mol. The van der Waals surface area contributed by atoms with Gasteiger partial charge in [0.15, 0.2) is 11.9 Å². The predicted octanol–water partition coefficient (Wildman–Crippen LogP) is 5.05. The van der Waals surface area contributed by atoms with Crippen LogP contribution in [0.15, 0.2) is 78.9 Å². The zero-order valence-corrected chi connectivity index (χ0v) is 15.6. The molecule has 3 rings (SSSR count). The maximum atomic E-state index is 12.2. The normalized spacial score (nSPS) is 11.4. The summed E-state index contributed by atoms with van der Waals surface area (Å²) in [6.45, 7) is 3.09. The number of rotatable bonds is 7. The van der Waals surface area contributed by atoms with E-state index >= 15 is 0 Å². The summed E-state index contributed by atoms with van der Waals surface area (Å²) in [6.07, 6.45) is -0.798. The van der Waals surface area contributed by atoms with Crippen molar-refractivity contribution in [1.82, 2.24) is 0 Å². The second-order valence-corrected chi connectivity index (χ2v) is 6.15. The van der Waals surface area contributed by atoms with Gasteiger partial charge < -0.3 is 14.2 Å². The molecule has 0 saturated carbocycles. The molecular formula is C23H20O5. The van der Waals surface area contributed by atoms with E-state index in [1.807, 2.05) is 30.3 Å². The predicted molar refractivity (Wildman–Crippen MR) is 105 cm³/mol. The summed E-state index contributed by atoms with van der Waals surface area (Å²) in [4.78, 5) is 23.5. The monoisotopic (exact) mass is 376 g/mol. The molecule has 1 unspecified atom stereocenters. The number of ether oxygens (including phenoxy) is 3. The van der Waals surface area contributed by atoms with Crippen molar-refractivity contribution in [1.29, 1.82) is 0 Å². The molecule has 0 heterocycles. The molecule has 0 saturated heterocycles. The summed E-state index contributed by atoms with van der Waals surface area (Å²) >= 11 is 0. The van der Waals surface area contributed by atoms with Crippen molar-refractivity contribution in [2.45, 2.75) is 20.0 Å². The van der Waals surface area contributed by atoms with Crippen LogP contribution < -0.4 is 14.2 Å². The lowest BCUT2D eigenvalue weighted by atomic mass is 10.1. The summed E-state index contributed by atoms with van der Waals surface area (Å²) in [6, 6.07) is 22.8. The minimum Gasteiger partial charge on any atom is -0.479 e. The minimum absolute atomic E-state index is 0.0470. The second kappa shape index (κ2) is 8.86. The Morgan fingerprint density at radius 3 is 1.86 bits per heavy atom. The van der Waals surface area contributed by atoms with Gasteiger partial charge in [-0.1, -0.05) is 18.2 Å². The molecule has 1 atom stereocenters. The molecular weight excluding hydrogens is 356 g/mol. The fourth-order valence-corrected chi connectivity index (χ4v) is 2.42. The molecule has 0 aliphatic carbocycles. The number of hydrogen-bond acceptors (Lipinski definition) is 5. The first kappa shape index (κ1) is 19.2. The van der Waals surface area contributed by atoms with Gasteiger partial charge in [0.25, 0.3) is 0 Å². The highest BCUT2D eigenvalue weighted by Gasteiger charge is 2.17. The second-order valence-electron chi connectivity index (χ2n) is 6.15. The standard InChI is InChI=1S/C23H20O5/c1-16(24)18-8-10-22(11-9-18)28-23(25)17(2)26-20-12-14-21(15-13-20)27-19-6-4-3-5-7-19/h3-15,17H,1-2H3. The molecule has 3 aromatic carbocycles. The van der Waals surface area contributed by atoms with Crippen LogP contribution in [-0.4, -0.2) is 17.9 Å². The Morgan fingerprint density at radius 1 is 0.714 bits per heavy atom. The van der Waals surface area contributed by atoms with Gasteiger partial charge in [-0.25, -0.2) is 4.79 Å². The van der Waals surface area contributed by atoms with Crippen LogP contribution in [0.4, 0.5) is 0 Å². The molecule has 0 aliphatic rings. The van der Waals surface area contributed by atoms with Crippen LogP contribution in [0.5, 0.6) is 23.0 Å². The Balaban J connectivity index is 1.55. The fourth-order valence-electron chi connectivity index (χ4n) is 2.42. The molecule has 142 valence electrons. The van der Waals surface area contributed by atoms with Crippen molar-refractivity contribution < 1.29 is 23.8 Å². The maximum absolute atomic E-state index is 12.2. The number of benzene rings is 3. The van der Waals surface area contributed by atoms with Crippen LogP contribution in [-0.2, 0) is 4.79 Å². The molecule has 28 heavy (non-hydrogen) atoms. The highest BCUT2D eigenvalue weighted by molar-refractivity contribution is 5.94. The topological polar surface area (TPSA) is 61.8 Å². The lowest BCUT2D eigenvalue weighted by Crippen LogP contribution is -2.28. The van der Waals surface area contributed by atoms with Gasteiger partial charge in [0.1, 0.15) is 23.0 Å². The van der Waals surface area contributed by atoms with Crippen LogP contribution in [0.2, 0.25) is 0 Å². The molecule has 0 fully saturated rings. The van der Waals surface area contributed by atoms with Gasteiger partial charge in [0, 0.05) is 5.56 Å². The largest absolute Gasteiger partial charge is 0.479 e. The zero-order valence-electron chi connectivity index (χ0n) is 15.6. The Morgan fingerprint density at radius 2 is 1.25 bits per heavy atom. The van der Waals surface area contributed by atoms with E-state index in [4.69, 9.17) is 14.2 Å². The van der Waals surface area contributed by atoms with Crippen LogP contribution >= 0.6 is 0 Å². The van der Waals surface area contributed by atoms with E-state index in [1.165, 1.54) is 6.92 Å². The number of ketones is 1. The van der Waals surface area contributed by atoms with Gasteiger partial charge in [-0.15, -0.1) is 0 Å². The Hall–Kier alpha value is -3.60.